The first-order valence-electron chi connectivity index (χ1n) is 12.9. The Hall–Kier alpha value is -3.51. The first-order chi connectivity index (χ1) is 19.4. The maximum Gasteiger partial charge on any atom is 0.417 e. The highest BCUT2D eigenvalue weighted by molar-refractivity contribution is 6.32. The van der Waals surface area contributed by atoms with Crippen molar-refractivity contribution in [3.63, 3.8) is 0 Å². The van der Waals surface area contributed by atoms with Crippen LogP contribution in [0.4, 0.5) is 30.5 Å². The van der Waals surface area contributed by atoms with Crippen LogP contribution in [0.5, 0.6) is 0 Å². The first kappa shape index (κ1) is 34.0. The molecule has 1 fully saturated rings. The molecule has 230 valence electrons. The average molecular weight is 658 g/mol. The van der Waals surface area contributed by atoms with Gasteiger partial charge in [-0.3, -0.25) is 9.59 Å². The number of benzene rings is 3. The number of amides is 2. The van der Waals surface area contributed by atoms with E-state index in [1.807, 2.05) is 14.1 Å². The SMILES string of the molecule is Cc1c(Cl)cccc1NC(=O)c1cc(NC(=O)c2ccccc2C(F)(F)F)cc2[nH]c(N3CC[C@H](N(C)C)C3)nc12.Cl.Cl. The van der Waals surface area contributed by atoms with E-state index in [2.05, 4.69) is 25.4 Å². The van der Waals surface area contributed by atoms with Gasteiger partial charge < -0.3 is 25.4 Å². The number of fused-ring (bicyclic) bond motifs is 1. The highest BCUT2D eigenvalue weighted by atomic mass is 35.5. The molecule has 1 aromatic heterocycles. The molecule has 0 bridgehead atoms. The summed E-state index contributed by atoms with van der Waals surface area (Å²) in [5.41, 5.74) is 0.651. The van der Waals surface area contributed by atoms with Crippen LogP contribution in [0.15, 0.2) is 54.6 Å². The minimum atomic E-state index is -4.71. The number of hydrogen-bond acceptors (Lipinski definition) is 5. The van der Waals surface area contributed by atoms with E-state index in [1.54, 1.807) is 31.2 Å². The van der Waals surface area contributed by atoms with Crippen molar-refractivity contribution in [2.45, 2.75) is 25.6 Å². The van der Waals surface area contributed by atoms with Crippen molar-refractivity contribution in [2.75, 3.05) is 42.7 Å². The van der Waals surface area contributed by atoms with Gasteiger partial charge in [0.2, 0.25) is 5.95 Å². The number of nitrogens with one attached hydrogen (secondary N) is 3. The third-order valence-electron chi connectivity index (χ3n) is 7.26. The summed E-state index contributed by atoms with van der Waals surface area (Å²) >= 11 is 6.23. The number of likely N-dealkylation sites (N-methyl/N-ethyl adjacent to an activating group) is 1. The molecule has 2 heterocycles. The summed E-state index contributed by atoms with van der Waals surface area (Å²) in [6.07, 6.45) is -3.78. The molecule has 43 heavy (non-hydrogen) atoms. The molecule has 8 nitrogen and oxygen atoms in total. The third kappa shape index (κ3) is 7.18. The fourth-order valence-electron chi connectivity index (χ4n) is 4.91. The van der Waals surface area contributed by atoms with Gasteiger partial charge in [-0.25, -0.2) is 4.98 Å². The molecule has 0 spiro atoms. The average Bonchev–Trinajstić information content (AvgIpc) is 3.58. The van der Waals surface area contributed by atoms with Crippen LogP contribution in [-0.4, -0.2) is 59.9 Å². The van der Waals surface area contributed by atoms with Crippen LogP contribution >= 0.6 is 36.4 Å². The number of carbonyl (C=O) groups excluding carboxylic acids is 2. The van der Waals surface area contributed by atoms with Crippen molar-refractivity contribution in [3.05, 3.63) is 81.9 Å². The molecule has 0 unspecified atom stereocenters. The Balaban J connectivity index is 0.00000253. The lowest BCUT2D eigenvalue weighted by Gasteiger charge is -2.19. The number of aromatic amines is 1. The predicted molar refractivity (Wildman–Crippen MR) is 168 cm³/mol. The maximum atomic E-state index is 13.6. The molecule has 3 aromatic carbocycles. The molecule has 0 aliphatic carbocycles. The largest absolute Gasteiger partial charge is 0.417 e. The van der Waals surface area contributed by atoms with Crippen molar-refractivity contribution < 1.29 is 22.8 Å². The second kappa shape index (κ2) is 13.4. The summed E-state index contributed by atoms with van der Waals surface area (Å²) < 4.78 is 40.7. The topological polar surface area (TPSA) is 93.4 Å². The van der Waals surface area contributed by atoms with Gasteiger partial charge in [0.1, 0.15) is 5.52 Å². The molecule has 5 rings (SSSR count). The molecule has 0 radical (unpaired) electrons. The number of halogens is 6. The second-order valence-electron chi connectivity index (χ2n) is 10.2. The van der Waals surface area contributed by atoms with Gasteiger partial charge in [-0.15, -0.1) is 24.8 Å². The van der Waals surface area contributed by atoms with Gasteiger partial charge >= 0.3 is 6.18 Å². The number of imidazole rings is 1. The first-order valence-corrected chi connectivity index (χ1v) is 13.3. The van der Waals surface area contributed by atoms with E-state index in [1.165, 1.54) is 18.2 Å². The number of alkyl halides is 3. The Bertz CT molecular complexity index is 1640. The molecule has 2 amide bonds. The van der Waals surface area contributed by atoms with E-state index < -0.39 is 29.1 Å². The Morgan fingerprint density at radius 3 is 2.40 bits per heavy atom. The third-order valence-corrected chi connectivity index (χ3v) is 7.67. The van der Waals surface area contributed by atoms with E-state index in [0.29, 0.717) is 39.3 Å². The predicted octanol–water partition coefficient (Wildman–Crippen LogP) is 7.03. The van der Waals surface area contributed by atoms with E-state index in [9.17, 15) is 22.8 Å². The summed E-state index contributed by atoms with van der Waals surface area (Å²) in [6.45, 7) is 3.25. The molecule has 14 heteroatoms. The van der Waals surface area contributed by atoms with Crippen molar-refractivity contribution in [2.24, 2.45) is 0 Å². The van der Waals surface area contributed by atoms with Gasteiger partial charge in [0.15, 0.2) is 0 Å². The van der Waals surface area contributed by atoms with Crippen LogP contribution in [0.1, 0.15) is 38.3 Å². The van der Waals surface area contributed by atoms with Crippen LogP contribution in [0.25, 0.3) is 11.0 Å². The molecule has 0 saturated carbocycles. The van der Waals surface area contributed by atoms with Gasteiger partial charge in [0, 0.05) is 35.5 Å². The maximum absolute atomic E-state index is 13.6. The lowest BCUT2D eigenvalue weighted by Crippen LogP contribution is -2.31. The van der Waals surface area contributed by atoms with Crippen LogP contribution < -0.4 is 15.5 Å². The Morgan fingerprint density at radius 2 is 1.72 bits per heavy atom. The molecule has 1 aliphatic rings. The zero-order valence-electron chi connectivity index (χ0n) is 23.4. The quantitative estimate of drug-likeness (QED) is 0.207. The Labute approximate surface area is 263 Å². The number of aromatic nitrogens is 2. The number of hydrogen-bond donors (Lipinski definition) is 3. The summed E-state index contributed by atoms with van der Waals surface area (Å²) in [4.78, 5) is 38.8. The second-order valence-corrected chi connectivity index (χ2v) is 10.6. The monoisotopic (exact) mass is 656 g/mol. The number of carbonyl (C=O) groups is 2. The van der Waals surface area contributed by atoms with Crippen molar-refractivity contribution in [1.29, 1.82) is 0 Å². The minimum absolute atomic E-state index is 0. The van der Waals surface area contributed by atoms with E-state index in [0.717, 1.165) is 31.6 Å². The molecule has 4 aromatic rings. The van der Waals surface area contributed by atoms with Gasteiger partial charge in [-0.05, 0) is 69.4 Å². The van der Waals surface area contributed by atoms with E-state index in [-0.39, 0.29) is 36.1 Å². The van der Waals surface area contributed by atoms with Crippen LogP contribution in [0.2, 0.25) is 5.02 Å². The van der Waals surface area contributed by atoms with E-state index in [4.69, 9.17) is 16.6 Å². The fraction of sp³-hybridized carbons (Fsp3) is 0.276. The van der Waals surface area contributed by atoms with Gasteiger partial charge in [0.05, 0.1) is 22.2 Å². The summed E-state index contributed by atoms with van der Waals surface area (Å²) in [5.74, 6) is -0.913. The van der Waals surface area contributed by atoms with Crippen molar-refractivity contribution in [1.82, 2.24) is 14.9 Å². The van der Waals surface area contributed by atoms with Crippen LogP contribution in [-0.2, 0) is 6.18 Å². The summed E-state index contributed by atoms with van der Waals surface area (Å²) in [5, 5.41) is 5.85. The molecular formula is C29H30Cl3F3N6O2. The standard InChI is InChI=1S/C29H28ClF3N6O2.2ClH/c1-16-22(30)9-6-10-23(16)35-27(41)20-13-17(34-26(40)19-7-4-5-8-21(19)29(31,32)33)14-24-25(20)37-28(36-24)39-12-11-18(15-39)38(2)3;;/h4-10,13-14,18H,11-12,15H2,1-3H3,(H,34,40)(H,35,41)(H,36,37);2*1H/t18-;;/m0../s1. The normalized spacial score (nSPS) is 14.8. The Kier molecular flexibility index (Phi) is 10.6. The van der Waals surface area contributed by atoms with Crippen LogP contribution in [0.3, 0.4) is 0 Å². The summed E-state index contributed by atoms with van der Waals surface area (Å²) in [6, 6.07) is 12.9. The number of H-pyrrole nitrogens is 1. The zero-order valence-corrected chi connectivity index (χ0v) is 25.8. The minimum Gasteiger partial charge on any atom is -0.341 e. The van der Waals surface area contributed by atoms with Gasteiger partial charge in [-0.1, -0.05) is 29.8 Å². The molecule has 1 atom stereocenters. The van der Waals surface area contributed by atoms with Crippen molar-refractivity contribution in [3.8, 4) is 0 Å². The number of rotatable bonds is 6. The highest BCUT2D eigenvalue weighted by Crippen LogP contribution is 2.33. The number of anilines is 3. The molecule has 1 aliphatic heterocycles. The highest BCUT2D eigenvalue weighted by Gasteiger charge is 2.35. The van der Waals surface area contributed by atoms with E-state index >= 15 is 0 Å². The number of nitrogens with zero attached hydrogens (tertiary/aromatic N) is 3. The van der Waals surface area contributed by atoms with Crippen LogP contribution in [0, 0.1) is 6.92 Å². The smallest absolute Gasteiger partial charge is 0.341 e. The lowest BCUT2D eigenvalue weighted by molar-refractivity contribution is -0.137. The van der Waals surface area contributed by atoms with Crippen molar-refractivity contribution >= 4 is 76.6 Å². The zero-order chi connectivity index (χ0) is 29.5. The fourth-order valence-corrected chi connectivity index (χ4v) is 5.09. The van der Waals surface area contributed by atoms with Gasteiger partial charge in [0.25, 0.3) is 11.8 Å². The molecule has 3 N–H and O–H groups in total. The molecule has 1 saturated heterocycles. The molecular weight excluding hydrogens is 628 g/mol. The summed E-state index contributed by atoms with van der Waals surface area (Å²) in [7, 11) is 4.03. The Morgan fingerprint density at radius 1 is 1.02 bits per heavy atom. The van der Waals surface area contributed by atoms with Gasteiger partial charge in [-0.2, -0.15) is 13.2 Å². The lowest BCUT2D eigenvalue weighted by atomic mass is 10.1.